The van der Waals surface area contributed by atoms with Crippen LogP contribution < -0.4 is 35.6 Å². The third-order valence-corrected chi connectivity index (χ3v) is 9.24. The van der Waals surface area contributed by atoms with Crippen LogP contribution in [0.5, 0.6) is 17.2 Å². The largest absolute Gasteiger partial charge is 0.493 e. The molecule has 11 nitrogen and oxygen atoms in total. The maximum Gasteiger partial charge on any atom is 0.246 e. The number of anilines is 1. The number of carbonyl (C=O) groups is 3. The Morgan fingerprint density at radius 1 is 0.917 bits per heavy atom. The zero-order valence-corrected chi connectivity index (χ0v) is 28.6. The number of likely N-dealkylation sites (N-methyl/N-ethyl adjacent to an activating group) is 1. The highest BCUT2D eigenvalue weighted by atomic mass is 16.5. The van der Waals surface area contributed by atoms with Gasteiger partial charge in [0.1, 0.15) is 12.1 Å². The van der Waals surface area contributed by atoms with E-state index in [-0.39, 0.29) is 41.3 Å². The summed E-state index contributed by atoms with van der Waals surface area (Å²) >= 11 is 0. The molecule has 11 heteroatoms. The number of ether oxygens (including phenoxy) is 3. The van der Waals surface area contributed by atoms with Gasteiger partial charge >= 0.3 is 0 Å². The van der Waals surface area contributed by atoms with Crippen molar-refractivity contribution in [3.63, 3.8) is 0 Å². The minimum atomic E-state index is -0.811. The predicted molar refractivity (Wildman–Crippen MR) is 183 cm³/mol. The minimum absolute atomic E-state index is 0.214. The standard InChI is InChI=1S/C37H44N4O7/c1-20(2)33(37(45)41-19-24-11-9-8-10-22(24)16-29(41)36(44)38-4)40-28-15-13-25-26(18-30(28)43)27(39-21(3)42)14-12-23-17-31(46-5)34(47-6)35(48-7)32(23)25/h8-11,13,15,17-18,20,27,29,33H,12,14,16,19H2,1-7H3,(H,38,44)(H,39,42)(H,40,43)/t27-,29-,33-/m1/s1. The molecule has 254 valence electrons. The Kier molecular flexibility index (Phi) is 10.3. The molecule has 2 aliphatic rings. The first kappa shape index (κ1) is 34.3. The van der Waals surface area contributed by atoms with Crippen LogP contribution in [0.3, 0.4) is 0 Å². The summed E-state index contributed by atoms with van der Waals surface area (Å²) in [5, 5.41) is 8.98. The van der Waals surface area contributed by atoms with Crippen LogP contribution in [0.25, 0.3) is 11.1 Å². The molecule has 3 aromatic carbocycles. The molecule has 0 spiro atoms. The maximum absolute atomic E-state index is 14.3. The highest BCUT2D eigenvalue weighted by Crippen LogP contribution is 2.50. The van der Waals surface area contributed by atoms with Crippen LogP contribution in [0.2, 0.25) is 0 Å². The first-order valence-corrected chi connectivity index (χ1v) is 16.2. The number of hydrogen-bond donors (Lipinski definition) is 3. The lowest BCUT2D eigenvalue weighted by Gasteiger charge is -2.38. The molecule has 3 amide bonds. The molecule has 1 aliphatic carbocycles. The van der Waals surface area contributed by atoms with Gasteiger partial charge in [0.15, 0.2) is 11.5 Å². The number of rotatable bonds is 9. The highest BCUT2D eigenvalue weighted by molar-refractivity contribution is 5.92. The fourth-order valence-corrected chi connectivity index (χ4v) is 6.84. The summed E-state index contributed by atoms with van der Waals surface area (Å²) in [4.78, 5) is 55.3. The number of nitrogens with one attached hydrogen (secondary N) is 3. The summed E-state index contributed by atoms with van der Waals surface area (Å²) in [6, 6.07) is 12.7. The Balaban J connectivity index is 1.61. The summed E-state index contributed by atoms with van der Waals surface area (Å²) in [6.07, 6.45) is 1.49. The maximum atomic E-state index is 14.3. The second kappa shape index (κ2) is 14.4. The van der Waals surface area contributed by atoms with Crippen molar-refractivity contribution in [2.24, 2.45) is 5.92 Å². The number of aryl methyl sites for hydroxylation is 1. The van der Waals surface area contributed by atoms with E-state index in [0.717, 1.165) is 22.3 Å². The Morgan fingerprint density at radius 3 is 2.25 bits per heavy atom. The molecule has 0 bridgehead atoms. The van der Waals surface area contributed by atoms with Gasteiger partial charge in [-0.3, -0.25) is 19.2 Å². The molecule has 5 rings (SSSR count). The van der Waals surface area contributed by atoms with Gasteiger partial charge in [0, 0.05) is 32.5 Å². The smallest absolute Gasteiger partial charge is 0.246 e. The lowest BCUT2D eigenvalue weighted by molar-refractivity contribution is -0.142. The number of hydrogen-bond acceptors (Lipinski definition) is 8. The van der Waals surface area contributed by atoms with Crippen molar-refractivity contribution in [1.82, 2.24) is 15.5 Å². The fourth-order valence-electron chi connectivity index (χ4n) is 6.84. The van der Waals surface area contributed by atoms with Gasteiger partial charge in [-0.15, -0.1) is 0 Å². The van der Waals surface area contributed by atoms with E-state index in [4.69, 9.17) is 14.2 Å². The van der Waals surface area contributed by atoms with Gasteiger partial charge in [0.05, 0.1) is 33.1 Å². The highest BCUT2D eigenvalue weighted by Gasteiger charge is 2.38. The third-order valence-electron chi connectivity index (χ3n) is 9.24. The Labute approximate surface area is 281 Å². The van der Waals surface area contributed by atoms with Crippen molar-refractivity contribution in [1.29, 1.82) is 0 Å². The number of fused-ring (bicyclic) bond motifs is 4. The normalized spacial score (nSPS) is 17.1. The molecule has 3 atom stereocenters. The van der Waals surface area contributed by atoms with E-state index in [1.54, 1.807) is 32.2 Å². The van der Waals surface area contributed by atoms with Crippen LogP contribution in [-0.2, 0) is 33.8 Å². The molecule has 0 fully saturated rings. The van der Waals surface area contributed by atoms with Crippen LogP contribution >= 0.6 is 0 Å². The number of methoxy groups -OCH3 is 3. The van der Waals surface area contributed by atoms with Gasteiger partial charge in [-0.25, -0.2) is 0 Å². The first-order chi connectivity index (χ1) is 23.0. The van der Waals surface area contributed by atoms with Crippen LogP contribution in [0.1, 0.15) is 55.5 Å². The first-order valence-electron chi connectivity index (χ1n) is 16.2. The molecule has 0 saturated heterocycles. The second-order valence-corrected chi connectivity index (χ2v) is 12.5. The van der Waals surface area contributed by atoms with Crippen molar-refractivity contribution in [2.75, 3.05) is 33.7 Å². The molecule has 1 aliphatic heterocycles. The molecule has 0 radical (unpaired) electrons. The lowest BCUT2D eigenvalue weighted by Crippen LogP contribution is -2.56. The van der Waals surface area contributed by atoms with Gasteiger partial charge in [0.2, 0.25) is 28.9 Å². The summed E-state index contributed by atoms with van der Waals surface area (Å²) in [7, 11) is 6.20. The molecule has 0 unspecified atom stereocenters. The Hall–Kier alpha value is -5.06. The van der Waals surface area contributed by atoms with Crippen molar-refractivity contribution in [2.45, 2.75) is 64.7 Å². The summed E-state index contributed by atoms with van der Waals surface area (Å²) in [5.74, 6) is 0.389. The number of benzene rings is 2. The van der Waals surface area contributed by atoms with Crippen molar-refractivity contribution in [3.8, 4) is 28.4 Å². The van der Waals surface area contributed by atoms with Gasteiger partial charge in [-0.05, 0) is 64.8 Å². The van der Waals surface area contributed by atoms with E-state index in [2.05, 4.69) is 16.0 Å². The Bertz CT molecular complexity index is 1790. The van der Waals surface area contributed by atoms with Gasteiger partial charge < -0.3 is 35.1 Å². The molecular formula is C37H44N4O7. The molecule has 3 N–H and O–H groups in total. The fraction of sp³-hybridized carbons (Fsp3) is 0.405. The van der Waals surface area contributed by atoms with E-state index < -0.39 is 18.1 Å². The third kappa shape index (κ3) is 6.54. The van der Waals surface area contributed by atoms with Crippen LogP contribution in [0.15, 0.2) is 53.3 Å². The predicted octanol–water partition coefficient (Wildman–Crippen LogP) is 4.00. The van der Waals surface area contributed by atoms with Gasteiger partial charge in [0.25, 0.3) is 0 Å². The molecule has 0 aromatic heterocycles. The van der Waals surface area contributed by atoms with Crippen molar-refractivity contribution in [3.05, 3.63) is 81.0 Å². The zero-order chi connectivity index (χ0) is 34.7. The summed E-state index contributed by atoms with van der Waals surface area (Å²) in [5.41, 5.74) is 4.82. The number of carbonyl (C=O) groups excluding carboxylic acids is 3. The number of amides is 3. The van der Waals surface area contributed by atoms with Gasteiger partial charge in [-0.2, -0.15) is 0 Å². The minimum Gasteiger partial charge on any atom is -0.493 e. The average molecular weight is 657 g/mol. The van der Waals surface area contributed by atoms with E-state index >= 15 is 0 Å². The van der Waals surface area contributed by atoms with Gasteiger partial charge in [-0.1, -0.05) is 44.2 Å². The topological polar surface area (TPSA) is 135 Å². The van der Waals surface area contributed by atoms with Crippen LogP contribution in [0.4, 0.5) is 5.69 Å². The van der Waals surface area contributed by atoms with Crippen LogP contribution in [0, 0.1) is 5.92 Å². The quantitative estimate of drug-likeness (QED) is 0.315. The second-order valence-electron chi connectivity index (χ2n) is 12.5. The van der Waals surface area contributed by atoms with Crippen molar-refractivity contribution < 1.29 is 28.6 Å². The van der Waals surface area contributed by atoms with E-state index in [1.807, 2.05) is 50.2 Å². The summed E-state index contributed by atoms with van der Waals surface area (Å²) < 4.78 is 17.2. The summed E-state index contributed by atoms with van der Waals surface area (Å²) in [6.45, 7) is 5.53. The van der Waals surface area contributed by atoms with E-state index in [0.29, 0.717) is 47.6 Å². The molecule has 1 heterocycles. The monoisotopic (exact) mass is 656 g/mol. The Morgan fingerprint density at radius 2 is 1.62 bits per heavy atom. The molecule has 3 aromatic rings. The van der Waals surface area contributed by atoms with E-state index in [1.165, 1.54) is 20.1 Å². The molecule has 48 heavy (non-hydrogen) atoms. The van der Waals surface area contributed by atoms with Crippen molar-refractivity contribution >= 4 is 23.4 Å². The average Bonchev–Trinajstić information content (AvgIpc) is 3.32. The zero-order valence-electron chi connectivity index (χ0n) is 28.6. The van der Waals surface area contributed by atoms with Crippen LogP contribution in [-0.4, -0.2) is 63.1 Å². The lowest BCUT2D eigenvalue weighted by atomic mass is 9.91. The molecular weight excluding hydrogens is 612 g/mol. The molecule has 0 saturated carbocycles. The number of nitrogens with zero attached hydrogens (tertiary/aromatic N) is 1. The van der Waals surface area contributed by atoms with E-state index in [9.17, 15) is 19.2 Å². The SMILES string of the molecule is CNC(=O)[C@H]1Cc2ccccc2CN1C(=O)[C@H](Nc1ccc2c(cc1=O)[C@H](NC(C)=O)CCc1cc(OC)c(OC)c(OC)c1-2)C(C)C.